The van der Waals surface area contributed by atoms with E-state index in [0.717, 1.165) is 33.9 Å². The molecule has 1 aromatic heterocycles. The van der Waals surface area contributed by atoms with E-state index in [0.29, 0.717) is 29.5 Å². The largest absolute Gasteiger partial charge is 0.341 e. The number of oxime groups is 1. The summed E-state index contributed by atoms with van der Waals surface area (Å²) in [7, 11) is 0. The molecule has 4 aromatic rings. The highest BCUT2D eigenvalue weighted by Gasteiger charge is 2.19. The lowest BCUT2D eigenvalue weighted by Crippen LogP contribution is -2.14. The van der Waals surface area contributed by atoms with Gasteiger partial charge >= 0.3 is 6.47 Å². The lowest BCUT2D eigenvalue weighted by Gasteiger charge is -2.06. The molecule has 6 heteroatoms. The summed E-state index contributed by atoms with van der Waals surface area (Å²) in [6.07, 6.45) is 1.09. The normalized spacial score (nSPS) is 11.7. The lowest BCUT2D eigenvalue weighted by atomic mass is 9.97. The monoisotopic (exact) mass is 454 g/mol. The SMILES string of the molecule is CCC/C(=N\OC=O)C(=O)c1ccc2c(c1)c1cc(C(=O)c3ccccc3C)ccc1n2CC. The van der Waals surface area contributed by atoms with E-state index in [9.17, 15) is 14.4 Å². The highest BCUT2D eigenvalue weighted by atomic mass is 16.7. The van der Waals surface area contributed by atoms with Crippen LogP contribution in [0.1, 0.15) is 58.5 Å². The Balaban J connectivity index is 1.86. The van der Waals surface area contributed by atoms with Gasteiger partial charge in [-0.25, -0.2) is 0 Å². The van der Waals surface area contributed by atoms with Crippen molar-refractivity contribution in [1.29, 1.82) is 0 Å². The highest BCUT2D eigenvalue weighted by Crippen LogP contribution is 2.32. The summed E-state index contributed by atoms with van der Waals surface area (Å²) in [5.74, 6) is -0.317. The Bertz CT molecular complexity index is 1450. The Morgan fingerprint density at radius 3 is 2.21 bits per heavy atom. The third-order valence-corrected chi connectivity index (χ3v) is 6.05. The Morgan fingerprint density at radius 2 is 1.59 bits per heavy atom. The van der Waals surface area contributed by atoms with Gasteiger partial charge in [0.1, 0.15) is 5.71 Å². The molecule has 0 unspecified atom stereocenters. The molecule has 3 aromatic carbocycles. The van der Waals surface area contributed by atoms with Crippen LogP contribution >= 0.6 is 0 Å². The van der Waals surface area contributed by atoms with Gasteiger partial charge < -0.3 is 9.40 Å². The smallest absolute Gasteiger partial charge is 0.323 e. The molecule has 0 bridgehead atoms. The fraction of sp³-hybridized carbons (Fsp3) is 0.214. The van der Waals surface area contributed by atoms with Gasteiger partial charge in [-0.1, -0.05) is 42.8 Å². The predicted molar refractivity (Wildman–Crippen MR) is 134 cm³/mol. The number of aromatic nitrogens is 1. The molecule has 0 saturated carbocycles. The quantitative estimate of drug-likeness (QED) is 0.104. The maximum absolute atomic E-state index is 13.2. The fourth-order valence-corrected chi connectivity index (χ4v) is 4.40. The fourth-order valence-electron chi connectivity index (χ4n) is 4.40. The minimum Gasteiger partial charge on any atom is -0.341 e. The number of carbonyl (C=O) groups excluding carboxylic acids is 3. The summed E-state index contributed by atoms with van der Waals surface area (Å²) >= 11 is 0. The van der Waals surface area contributed by atoms with Crippen LogP contribution in [-0.4, -0.2) is 28.3 Å². The minimum absolute atomic E-state index is 0.0343. The molecule has 34 heavy (non-hydrogen) atoms. The third-order valence-electron chi connectivity index (χ3n) is 6.05. The number of nitrogens with zero attached hydrogens (tertiary/aromatic N) is 2. The lowest BCUT2D eigenvalue weighted by molar-refractivity contribution is -0.128. The van der Waals surface area contributed by atoms with Crippen LogP contribution in [0, 0.1) is 6.92 Å². The standard InChI is InChI=1S/C28H26N2O4/c1-4-8-24(29-34-17-31)28(33)20-12-14-26-23(16-20)22-15-19(11-13-25(22)30(26)5-2)27(32)21-10-7-6-9-18(21)3/h6-7,9-17H,4-5,8H2,1-3H3/b29-24+. The molecular formula is C28H26N2O4. The Kier molecular flexibility index (Phi) is 6.68. The van der Waals surface area contributed by atoms with E-state index in [-0.39, 0.29) is 23.8 Å². The number of hydrogen-bond acceptors (Lipinski definition) is 5. The molecule has 1 heterocycles. The van der Waals surface area contributed by atoms with Gasteiger partial charge in [0.2, 0.25) is 5.78 Å². The van der Waals surface area contributed by atoms with E-state index in [1.165, 1.54) is 0 Å². The van der Waals surface area contributed by atoms with Crippen molar-refractivity contribution < 1.29 is 19.2 Å². The van der Waals surface area contributed by atoms with E-state index < -0.39 is 0 Å². The van der Waals surface area contributed by atoms with Crippen molar-refractivity contribution in [2.45, 2.75) is 40.2 Å². The number of benzene rings is 3. The summed E-state index contributed by atoms with van der Waals surface area (Å²) < 4.78 is 2.16. The maximum Gasteiger partial charge on any atom is 0.323 e. The number of aryl methyl sites for hydroxylation is 2. The van der Waals surface area contributed by atoms with Crippen LogP contribution in [0.5, 0.6) is 0 Å². The van der Waals surface area contributed by atoms with Crippen LogP contribution in [0.25, 0.3) is 21.8 Å². The second-order valence-corrected chi connectivity index (χ2v) is 8.17. The molecule has 6 nitrogen and oxygen atoms in total. The van der Waals surface area contributed by atoms with E-state index in [1.54, 1.807) is 6.07 Å². The van der Waals surface area contributed by atoms with Gasteiger partial charge in [-0.15, -0.1) is 0 Å². The Labute approximate surface area is 197 Å². The summed E-state index contributed by atoms with van der Waals surface area (Å²) in [6, 6.07) is 18.8. The summed E-state index contributed by atoms with van der Waals surface area (Å²) in [5.41, 5.74) is 4.83. The molecule has 0 N–H and O–H groups in total. The van der Waals surface area contributed by atoms with Gasteiger partial charge in [-0.3, -0.25) is 14.4 Å². The van der Waals surface area contributed by atoms with Crippen molar-refractivity contribution in [2.24, 2.45) is 5.16 Å². The van der Waals surface area contributed by atoms with E-state index in [1.807, 2.05) is 68.4 Å². The van der Waals surface area contributed by atoms with E-state index in [4.69, 9.17) is 0 Å². The van der Waals surface area contributed by atoms with Crippen molar-refractivity contribution in [1.82, 2.24) is 4.57 Å². The average Bonchev–Trinajstić information content (AvgIpc) is 3.18. The van der Waals surface area contributed by atoms with Crippen molar-refractivity contribution in [3.8, 4) is 0 Å². The molecule has 0 aliphatic carbocycles. The molecule has 0 fully saturated rings. The van der Waals surface area contributed by atoms with Crippen LogP contribution in [-0.2, 0) is 16.2 Å². The van der Waals surface area contributed by atoms with Gasteiger partial charge in [-0.05, 0) is 62.2 Å². The summed E-state index contributed by atoms with van der Waals surface area (Å²) in [5, 5.41) is 5.49. The van der Waals surface area contributed by atoms with Gasteiger partial charge in [0.25, 0.3) is 0 Å². The zero-order valence-corrected chi connectivity index (χ0v) is 19.5. The first-order chi connectivity index (χ1) is 16.5. The second-order valence-electron chi connectivity index (χ2n) is 8.17. The minimum atomic E-state index is -0.282. The average molecular weight is 455 g/mol. The Hall–Kier alpha value is -4.06. The Morgan fingerprint density at radius 1 is 0.941 bits per heavy atom. The number of rotatable bonds is 9. The maximum atomic E-state index is 13.2. The molecule has 0 spiro atoms. The van der Waals surface area contributed by atoms with Crippen molar-refractivity contribution in [2.75, 3.05) is 0 Å². The third kappa shape index (κ3) is 4.15. The predicted octanol–water partition coefficient (Wildman–Crippen LogP) is 5.87. The molecule has 0 atom stereocenters. The van der Waals surface area contributed by atoms with Crippen LogP contribution in [0.3, 0.4) is 0 Å². The van der Waals surface area contributed by atoms with E-state index in [2.05, 4.69) is 21.5 Å². The van der Waals surface area contributed by atoms with Crippen LogP contribution in [0.4, 0.5) is 0 Å². The number of fused-ring (bicyclic) bond motifs is 3. The second kappa shape index (κ2) is 9.83. The molecule has 0 aliphatic heterocycles. The van der Waals surface area contributed by atoms with Crippen LogP contribution < -0.4 is 0 Å². The first-order valence-electron chi connectivity index (χ1n) is 11.4. The van der Waals surface area contributed by atoms with Crippen molar-refractivity contribution >= 4 is 45.6 Å². The van der Waals surface area contributed by atoms with Crippen LogP contribution in [0.2, 0.25) is 0 Å². The number of hydrogen-bond donors (Lipinski definition) is 0. The van der Waals surface area contributed by atoms with Crippen molar-refractivity contribution in [3.63, 3.8) is 0 Å². The van der Waals surface area contributed by atoms with Gasteiger partial charge in [0.05, 0.1) is 0 Å². The first kappa shape index (κ1) is 23.1. The number of carbonyl (C=O) groups is 3. The molecule has 0 aliphatic rings. The molecule has 0 radical (unpaired) electrons. The molecule has 4 rings (SSSR count). The molecule has 172 valence electrons. The van der Waals surface area contributed by atoms with Gasteiger partial charge in [-0.2, -0.15) is 0 Å². The first-order valence-corrected chi connectivity index (χ1v) is 11.4. The molecule has 0 amide bonds. The van der Waals surface area contributed by atoms with Gasteiger partial charge in [0, 0.05) is 45.0 Å². The summed E-state index contributed by atoms with van der Waals surface area (Å²) in [6.45, 7) is 6.86. The number of ketones is 2. The summed E-state index contributed by atoms with van der Waals surface area (Å²) in [4.78, 5) is 41.4. The van der Waals surface area contributed by atoms with Gasteiger partial charge in [0.15, 0.2) is 5.78 Å². The number of Topliss-reactive ketones (excluding diaryl/α,β-unsaturated/α-hetero) is 1. The molecule has 0 saturated heterocycles. The highest BCUT2D eigenvalue weighted by molar-refractivity contribution is 6.46. The zero-order chi connectivity index (χ0) is 24.2. The van der Waals surface area contributed by atoms with Crippen LogP contribution in [0.15, 0.2) is 65.8 Å². The molecular weight excluding hydrogens is 428 g/mol. The zero-order valence-electron chi connectivity index (χ0n) is 19.5. The topological polar surface area (TPSA) is 77.7 Å². The van der Waals surface area contributed by atoms with Crippen molar-refractivity contribution in [3.05, 3.63) is 82.9 Å². The van der Waals surface area contributed by atoms with E-state index >= 15 is 0 Å².